The van der Waals surface area contributed by atoms with E-state index < -0.39 is 0 Å². The number of amides is 1. The molecule has 0 atom stereocenters. The molecule has 1 aromatic rings. The molecule has 98 valence electrons. The first kappa shape index (κ1) is 14.2. The highest BCUT2D eigenvalue weighted by Crippen LogP contribution is 2.02. The third kappa shape index (κ3) is 3.89. The summed E-state index contributed by atoms with van der Waals surface area (Å²) in [6.07, 6.45) is 2.80. The van der Waals surface area contributed by atoms with Crippen LogP contribution in [0.3, 0.4) is 0 Å². The molecule has 6 heteroatoms. The zero-order valence-electron chi connectivity index (χ0n) is 10.9. The number of rotatable bonds is 6. The minimum Gasteiger partial charge on any atom is -0.349 e. The first-order chi connectivity index (χ1) is 8.56. The number of carbonyl (C=O) groups is 2. The maximum absolute atomic E-state index is 11.9. The molecule has 0 saturated carbocycles. The van der Waals surface area contributed by atoms with Crippen molar-refractivity contribution in [3.8, 4) is 0 Å². The number of Topliss-reactive ketones (excluding diaryl/α,β-unsaturated/α-hetero) is 1. The number of nitrogens with one attached hydrogen (secondary N) is 1. The molecule has 0 aromatic carbocycles. The molecule has 0 radical (unpaired) electrons. The Bertz CT molecular complexity index is 434. The van der Waals surface area contributed by atoms with Crippen LogP contribution in [-0.4, -0.2) is 53.2 Å². The molecule has 0 unspecified atom stereocenters. The van der Waals surface area contributed by atoms with Gasteiger partial charge in [-0.25, -0.2) is 9.97 Å². The van der Waals surface area contributed by atoms with Crippen molar-refractivity contribution in [3.63, 3.8) is 0 Å². The van der Waals surface area contributed by atoms with E-state index in [9.17, 15) is 9.59 Å². The van der Waals surface area contributed by atoms with E-state index in [0.29, 0.717) is 6.54 Å². The van der Waals surface area contributed by atoms with Crippen LogP contribution in [0.4, 0.5) is 0 Å². The zero-order valence-corrected chi connectivity index (χ0v) is 10.9. The van der Waals surface area contributed by atoms with Gasteiger partial charge in [-0.15, -0.1) is 0 Å². The van der Waals surface area contributed by atoms with E-state index in [1.807, 2.05) is 14.0 Å². The van der Waals surface area contributed by atoms with Crippen molar-refractivity contribution >= 4 is 11.7 Å². The van der Waals surface area contributed by atoms with Crippen molar-refractivity contribution in [2.24, 2.45) is 0 Å². The Kier molecular flexibility index (Phi) is 5.38. The Labute approximate surface area is 106 Å². The van der Waals surface area contributed by atoms with Crippen molar-refractivity contribution < 1.29 is 9.59 Å². The SMILES string of the molecule is CCN(C)CCNC(=O)c1nccnc1C(C)=O. The lowest BCUT2D eigenvalue weighted by atomic mass is 10.2. The summed E-state index contributed by atoms with van der Waals surface area (Å²) >= 11 is 0. The number of ketones is 1. The van der Waals surface area contributed by atoms with Gasteiger partial charge in [-0.3, -0.25) is 9.59 Å². The molecule has 0 fully saturated rings. The third-order valence-corrected chi connectivity index (χ3v) is 2.57. The molecule has 1 amide bonds. The van der Waals surface area contributed by atoms with E-state index in [1.54, 1.807) is 0 Å². The van der Waals surface area contributed by atoms with Gasteiger partial charge in [-0.2, -0.15) is 0 Å². The van der Waals surface area contributed by atoms with Crippen LogP contribution in [0.2, 0.25) is 0 Å². The number of hydrogen-bond acceptors (Lipinski definition) is 5. The summed E-state index contributed by atoms with van der Waals surface area (Å²) in [6, 6.07) is 0. The fraction of sp³-hybridized carbons (Fsp3) is 0.500. The number of hydrogen-bond donors (Lipinski definition) is 1. The minimum absolute atomic E-state index is 0.0872. The Balaban J connectivity index is 2.64. The van der Waals surface area contributed by atoms with Crippen LogP contribution >= 0.6 is 0 Å². The predicted molar refractivity (Wildman–Crippen MR) is 67.5 cm³/mol. The molecule has 1 heterocycles. The Hall–Kier alpha value is -1.82. The standard InChI is InChI=1S/C12H18N4O2/c1-4-16(3)8-7-15-12(18)11-10(9(2)17)13-5-6-14-11/h5-6H,4,7-8H2,1-3H3,(H,15,18). The molecule has 0 aliphatic carbocycles. The summed E-state index contributed by atoms with van der Waals surface area (Å²) in [6.45, 7) is 5.58. The molecule has 0 saturated heterocycles. The zero-order chi connectivity index (χ0) is 13.5. The number of likely N-dealkylation sites (N-methyl/N-ethyl adjacent to an activating group) is 1. The molecule has 0 bridgehead atoms. The highest BCUT2D eigenvalue weighted by molar-refractivity contribution is 6.04. The van der Waals surface area contributed by atoms with E-state index in [-0.39, 0.29) is 23.1 Å². The van der Waals surface area contributed by atoms with Gasteiger partial charge in [0.15, 0.2) is 11.5 Å². The van der Waals surface area contributed by atoms with E-state index in [4.69, 9.17) is 0 Å². The quantitative estimate of drug-likeness (QED) is 0.738. The second-order valence-corrected chi connectivity index (χ2v) is 3.96. The Morgan fingerprint density at radius 2 is 1.89 bits per heavy atom. The molecule has 0 aliphatic heterocycles. The summed E-state index contributed by atoms with van der Waals surface area (Å²) in [5.41, 5.74) is 0.197. The molecule has 1 rings (SSSR count). The van der Waals surface area contributed by atoms with Crippen molar-refractivity contribution in [2.75, 3.05) is 26.7 Å². The highest BCUT2D eigenvalue weighted by Gasteiger charge is 2.16. The molecule has 6 nitrogen and oxygen atoms in total. The summed E-state index contributed by atoms with van der Waals surface area (Å²) < 4.78 is 0. The lowest BCUT2D eigenvalue weighted by Crippen LogP contribution is -2.34. The third-order valence-electron chi connectivity index (χ3n) is 2.57. The number of carbonyl (C=O) groups excluding carboxylic acids is 2. The van der Waals surface area contributed by atoms with Gasteiger partial charge in [0, 0.05) is 32.4 Å². The van der Waals surface area contributed by atoms with Crippen molar-refractivity contribution in [3.05, 3.63) is 23.8 Å². The number of aromatic nitrogens is 2. The van der Waals surface area contributed by atoms with Crippen LogP contribution in [0.1, 0.15) is 34.8 Å². The molecule has 1 N–H and O–H groups in total. The lowest BCUT2D eigenvalue weighted by Gasteiger charge is -2.14. The minimum atomic E-state index is -0.363. The summed E-state index contributed by atoms with van der Waals surface area (Å²) in [5, 5.41) is 2.72. The van der Waals surface area contributed by atoms with Crippen LogP contribution in [-0.2, 0) is 0 Å². The first-order valence-electron chi connectivity index (χ1n) is 5.85. The Morgan fingerprint density at radius 3 is 2.44 bits per heavy atom. The fourth-order valence-corrected chi connectivity index (χ4v) is 1.36. The van der Waals surface area contributed by atoms with Crippen molar-refractivity contribution in [2.45, 2.75) is 13.8 Å². The van der Waals surface area contributed by atoms with Gasteiger partial charge in [0.05, 0.1) is 0 Å². The maximum atomic E-state index is 11.9. The summed E-state index contributed by atoms with van der Waals surface area (Å²) in [7, 11) is 1.97. The van der Waals surface area contributed by atoms with Gasteiger partial charge >= 0.3 is 0 Å². The molecular weight excluding hydrogens is 232 g/mol. The van der Waals surface area contributed by atoms with E-state index in [0.717, 1.165) is 13.1 Å². The maximum Gasteiger partial charge on any atom is 0.272 e. The van der Waals surface area contributed by atoms with Crippen LogP contribution < -0.4 is 5.32 Å². The van der Waals surface area contributed by atoms with Gasteiger partial charge in [0.2, 0.25) is 0 Å². The lowest BCUT2D eigenvalue weighted by molar-refractivity contribution is 0.0928. The summed E-state index contributed by atoms with van der Waals surface area (Å²) in [5.74, 6) is -0.628. The van der Waals surface area contributed by atoms with Crippen LogP contribution in [0, 0.1) is 0 Å². The second kappa shape index (κ2) is 6.80. The van der Waals surface area contributed by atoms with Crippen LogP contribution in [0.5, 0.6) is 0 Å². The predicted octanol–water partition coefficient (Wildman–Crippen LogP) is 0.361. The van der Waals surface area contributed by atoms with Gasteiger partial charge in [0.25, 0.3) is 5.91 Å². The van der Waals surface area contributed by atoms with Gasteiger partial charge in [-0.05, 0) is 13.6 Å². The van der Waals surface area contributed by atoms with E-state index in [2.05, 4.69) is 20.2 Å². The molecular formula is C12H18N4O2. The second-order valence-electron chi connectivity index (χ2n) is 3.96. The van der Waals surface area contributed by atoms with Crippen molar-refractivity contribution in [1.29, 1.82) is 0 Å². The smallest absolute Gasteiger partial charge is 0.272 e. The summed E-state index contributed by atoms with van der Waals surface area (Å²) in [4.78, 5) is 33.0. The molecule has 18 heavy (non-hydrogen) atoms. The van der Waals surface area contributed by atoms with Gasteiger partial charge in [-0.1, -0.05) is 6.92 Å². The van der Waals surface area contributed by atoms with Gasteiger partial charge in [0.1, 0.15) is 5.69 Å². The molecule has 1 aromatic heterocycles. The largest absolute Gasteiger partial charge is 0.349 e. The highest BCUT2D eigenvalue weighted by atomic mass is 16.2. The van der Waals surface area contributed by atoms with Crippen LogP contribution in [0.25, 0.3) is 0 Å². The average Bonchev–Trinajstić information content (AvgIpc) is 2.38. The van der Waals surface area contributed by atoms with Crippen LogP contribution in [0.15, 0.2) is 12.4 Å². The first-order valence-corrected chi connectivity index (χ1v) is 5.85. The number of nitrogens with zero attached hydrogens (tertiary/aromatic N) is 3. The van der Waals surface area contributed by atoms with E-state index >= 15 is 0 Å². The van der Waals surface area contributed by atoms with Gasteiger partial charge < -0.3 is 10.2 Å². The van der Waals surface area contributed by atoms with E-state index in [1.165, 1.54) is 19.3 Å². The fourth-order valence-electron chi connectivity index (χ4n) is 1.36. The molecule has 0 spiro atoms. The normalized spacial score (nSPS) is 10.4. The average molecular weight is 250 g/mol. The topological polar surface area (TPSA) is 75.2 Å². The monoisotopic (exact) mass is 250 g/mol. The van der Waals surface area contributed by atoms with Crippen molar-refractivity contribution in [1.82, 2.24) is 20.2 Å². The Morgan fingerprint density at radius 1 is 1.28 bits per heavy atom. The molecule has 0 aliphatic rings.